The van der Waals surface area contributed by atoms with Gasteiger partial charge in [-0.15, -0.1) is 15.3 Å². The van der Waals surface area contributed by atoms with E-state index >= 15 is 0 Å². The second-order valence-electron chi connectivity index (χ2n) is 6.38. The molecule has 2 aromatic heterocycles. The number of tetrazole rings is 1. The number of halogens is 1. The van der Waals surface area contributed by atoms with Crippen LogP contribution >= 0.6 is 11.6 Å². The Morgan fingerprint density at radius 2 is 1.55 bits per heavy atom. The highest BCUT2D eigenvalue weighted by Gasteiger charge is 2.11. The SMILES string of the molecule is Clc1ccc(Nc2nnc(-c3ccc(-n4cnnn4)cc3)c3ccccc23)cc1. The van der Waals surface area contributed by atoms with Gasteiger partial charge in [0.05, 0.1) is 5.69 Å². The van der Waals surface area contributed by atoms with Crippen molar-refractivity contribution in [1.29, 1.82) is 0 Å². The highest BCUT2D eigenvalue weighted by atomic mass is 35.5. The number of hydrogen-bond acceptors (Lipinski definition) is 6. The first-order chi connectivity index (χ1) is 14.3. The Balaban J connectivity index is 1.54. The van der Waals surface area contributed by atoms with Crippen molar-refractivity contribution in [2.24, 2.45) is 0 Å². The van der Waals surface area contributed by atoms with Crippen LogP contribution in [0.1, 0.15) is 0 Å². The van der Waals surface area contributed by atoms with Gasteiger partial charge in [-0.1, -0.05) is 48.0 Å². The van der Waals surface area contributed by atoms with Crippen LogP contribution in [-0.2, 0) is 0 Å². The van der Waals surface area contributed by atoms with Crippen LogP contribution in [0.2, 0.25) is 5.02 Å². The summed E-state index contributed by atoms with van der Waals surface area (Å²) in [4.78, 5) is 0. The van der Waals surface area contributed by atoms with Gasteiger partial charge in [0.15, 0.2) is 5.82 Å². The minimum absolute atomic E-state index is 0.687. The Labute approximate surface area is 171 Å². The van der Waals surface area contributed by atoms with Crippen molar-refractivity contribution in [2.45, 2.75) is 0 Å². The molecule has 3 aromatic carbocycles. The highest BCUT2D eigenvalue weighted by molar-refractivity contribution is 6.30. The molecule has 0 radical (unpaired) electrons. The molecule has 1 N–H and O–H groups in total. The second-order valence-corrected chi connectivity index (χ2v) is 6.81. The molecule has 0 aliphatic rings. The monoisotopic (exact) mass is 399 g/mol. The van der Waals surface area contributed by atoms with Crippen molar-refractivity contribution < 1.29 is 0 Å². The molecule has 7 nitrogen and oxygen atoms in total. The van der Waals surface area contributed by atoms with E-state index in [0.717, 1.165) is 33.4 Å². The van der Waals surface area contributed by atoms with Crippen molar-refractivity contribution >= 4 is 33.9 Å². The lowest BCUT2D eigenvalue weighted by atomic mass is 10.0. The molecule has 0 unspecified atom stereocenters. The highest BCUT2D eigenvalue weighted by Crippen LogP contribution is 2.31. The largest absolute Gasteiger partial charge is 0.338 e. The Hall–Kier alpha value is -3.84. The van der Waals surface area contributed by atoms with E-state index in [-0.39, 0.29) is 0 Å². The average Bonchev–Trinajstić information content (AvgIpc) is 3.31. The van der Waals surface area contributed by atoms with Crippen LogP contribution in [0, 0.1) is 0 Å². The number of nitrogens with one attached hydrogen (secondary N) is 1. The van der Waals surface area contributed by atoms with Gasteiger partial charge in [-0.2, -0.15) is 0 Å². The Kier molecular flexibility index (Phi) is 4.34. The molecule has 0 aliphatic carbocycles. The third-order valence-corrected chi connectivity index (χ3v) is 4.80. The topological polar surface area (TPSA) is 81.4 Å². The molecular formula is C21H14ClN7. The fraction of sp³-hybridized carbons (Fsp3) is 0. The third-order valence-electron chi connectivity index (χ3n) is 4.55. The molecule has 29 heavy (non-hydrogen) atoms. The maximum Gasteiger partial charge on any atom is 0.161 e. The molecule has 0 amide bonds. The zero-order valence-electron chi connectivity index (χ0n) is 15.1. The van der Waals surface area contributed by atoms with Gasteiger partial charge in [0.2, 0.25) is 0 Å². The third kappa shape index (κ3) is 3.39. The number of aromatic nitrogens is 6. The molecular weight excluding hydrogens is 386 g/mol. The van der Waals surface area contributed by atoms with E-state index in [9.17, 15) is 0 Å². The molecule has 0 saturated carbocycles. The normalized spacial score (nSPS) is 10.9. The van der Waals surface area contributed by atoms with E-state index in [1.54, 1.807) is 11.0 Å². The van der Waals surface area contributed by atoms with Crippen LogP contribution in [0.25, 0.3) is 27.7 Å². The quantitative estimate of drug-likeness (QED) is 0.473. The fourth-order valence-corrected chi connectivity index (χ4v) is 3.26. The molecule has 2 heterocycles. The minimum Gasteiger partial charge on any atom is -0.338 e. The zero-order chi connectivity index (χ0) is 19.6. The molecule has 8 heteroatoms. The number of nitrogens with zero attached hydrogens (tertiary/aromatic N) is 6. The summed E-state index contributed by atoms with van der Waals surface area (Å²) in [6, 6.07) is 23.4. The van der Waals surface area contributed by atoms with E-state index in [0.29, 0.717) is 10.8 Å². The van der Waals surface area contributed by atoms with Gasteiger partial charge in [-0.3, -0.25) is 0 Å². The summed E-state index contributed by atoms with van der Waals surface area (Å²) in [5, 5.41) is 26.2. The molecule has 5 aromatic rings. The summed E-state index contributed by atoms with van der Waals surface area (Å²) in [7, 11) is 0. The van der Waals surface area contributed by atoms with Crippen LogP contribution in [-0.4, -0.2) is 30.4 Å². The number of hydrogen-bond donors (Lipinski definition) is 1. The van der Waals surface area contributed by atoms with E-state index in [1.807, 2.05) is 72.8 Å². The smallest absolute Gasteiger partial charge is 0.161 e. The minimum atomic E-state index is 0.687. The number of fused-ring (bicyclic) bond motifs is 1. The molecule has 5 rings (SSSR count). The van der Waals surface area contributed by atoms with Crippen molar-refractivity contribution in [3.63, 3.8) is 0 Å². The molecule has 0 aliphatic heterocycles. The molecule has 140 valence electrons. The van der Waals surface area contributed by atoms with Crippen LogP contribution < -0.4 is 5.32 Å². The summed E-state index contributed by atoms with van der Waals surface area (Å²) in [6.07, 6.45) is 1.56. The van der Waals surface area contributed by atoms with Gasteiger partial charge < -0.3 is 5.32 Å². The van der Waals surface area contributed by atoms with Crippen LogP contribution in [0.15, 0.2) is 79.1 Å². The maximum absolute atomic E-state index is 5.97. The van der Waals surface area contributed by atoms with E-state index in [2.05, 4.69) is 31.0 Å². The number of anilines is 2. The lowest BCUT2D eigenvalue weighted by Crippen LogP contribution is -1.99. The summed E-state index contributed by atoms with van der Waals surface area (Å²) in [5.74, 6) is 0.692. The van der Waals surface area contributed by atoms with Crippen molar-refractivity contribution in [3.8, 4) is 16.9 Å². The summed E-state index contributed by atoms with van der Waals surface area (Å²) >= 11 is 5.97. The second kappa shape index (κ2) is 7.29. The van der Waals surface area contributed by atoms with Crippen molar-refractivity contribution in [1.82, 2.24) is 30.4 Å². The van der Waals surface area contributed by atoms with Crippen LogP contribution in [0.5, 0.6) is 0 Å². The standard InChI is InChI=1S/C21H14ClN7/c22-15-7-9-16(10-8-15)24-21-19-4-2-1-3-18(19)20(25-26-21)14-5-11-17(12-6-14)29-13-23-27-28-29/h1-13H,(H,24,26). The van der Waals surface area contributed by atoms with Gasteiger partial charge >= 0.3 is 0 Å². The molecule has 0 atom stereocenters. The Bertz CT molecular complexity index is 1270. The fourth-order valence-electron chi connectivity index (χ4n) is 3.13. The molecule has 0 bridgehead atoms. The first-order valence-corrected chi connectivity index (χ1v) is 9.27. The zero-order valence-corrected chi connectivity index (χ0v) is 15.8. The van der Waals surface area contributed by atoms with E-state index < -0.39 is 0 Å². The first kappa shape index (κ1) is 17.3. The Morgan fingerprint density at radius 3 is 2.28 bits per heavy atom. The molecule has 0 saturated heterocycles. The first-order valence-electron chi connectivity index (χ1n) is 8.90. The summed E-state index contributed by atoms with van der Waals surface area (Å²) in [6.45, 7) is 0. The molecule has 0 spiro atoms. The lowest BCUT2D eigenvalue weighted by Gasteiger charge is -2.11. The number of benzene rings is 3. The predicted octanol–water partition coefficient (Wildman–Crippen LogP) is 4.67. The Morgan fingerprint density at radius 1 is 0.793 bits per heavy atom. The van der Waals surface area contributed by atoms with Gasteiger partial charge in [0.25, 0.3) is 0 Å². The van der Waals surface area contributed by atoms with Crippen molar-refractivity contribution in [2.75, 3.05) is 5.32 Å². The van der Waals surface area contributed by atoms with Crippen LogP contribution in [0.4, 0.5) is 11.5 Å². The predicted molar refractivity (Wildman–Crippen MR) is 112 cm³/mol. The lowest BCUT2D eigenvalue weighted by molar-refractivity contribution is 0.789. The van der Waals surface area contributed by atoms with Crippen molar-refractivity contribution in [3.05, 3.63) is 84.1 Å². The summed E-state index contributed by atoms with van der Waals surface area (Å²) < 4.78 is 1.60. The van der Waals surface area contributed by atoms with E-state index in [1.165, 1.54) is 0 Å². The maximum atomic E-state index is 5.97. The molecule has 0 fully saturated rings. The van der Waals surface area contributed by atoms with Gasteiger partial charge in [-0.25, -0.2) is 4.68 Å². The van der Waals surface area contributed by atoms with Gasteiger partial charge in [0.1, 0.15) is 12.0 Å². The van der Waals surface area contributed by atoms with Gasteiger partial charge in [0, 0.05) is 27.0 Å². The summed E-state index contributed by atoms with van der Waals surface area (Å²) in [5.41, 5.74) is 3.54. The van der Waals surface area contributed by atoms with Crippen LogP contribution in [0.3, 0.4) is 0 Å². The average molecular weight is 400 g/mol. The number of rotatable bonds is 4. The van der Waals surface area contributed by atoms with Gasteiger partial charge in [-0.05, 0) is 46.8 Å². The van der Waals surface area contributed by atoms with E-state index in [4.69, 9.17) is 11.6 Å².